The van der Waals surface area contributed by atoms with Gasteiger partial charge in [-0.2, -0.15) is 18.2 Å². The Morgan fingerprint density at radius 2 is 2.17 bits per heavy atom. The Balaban J connectivity index is 2.45. The van der Waals surface area contributed by atoms with Crippen molar-refractivity contribution in [3.05, 3.63) is 11.1 Å². The lowest BCUT2D eigenvalue weighted by Crippen LogP contribution is -2.12. The fourth-order valence-corrected chi connectivity index (χ4v) is 1.83. The van der Waals surface area contributed by atoms with Crippen molar-refractivity contribution in [3.8, 4) is 5.88 Å². The Hall–Kier alpha value is -1.64. The van der Waals surface area contributed by atoms with Gasteiger partial charge in [0.15, 0.2) is 10.4 Å². The number of methoxy groups -OCH3 is 1. The van der Waals surface area contributed by atoms with E-state index in [0.717, 1.165) is 0 Å². The van der Waals surface area contributed by atoms with Crippen molar-refractivity contribution in [1.29, 1.82) is 0 Å². The molecule has 2 rings (SSSR count). The van der Waals surface area contributed by atoms with Crippen LogP contribution in [0.1, 0.15) is 6.42 Å². The van der Waals surface area contributed by atoms with Crippen LogP contribution < -0.4 is 4.74 Å². The van der Waals surface area contributed by atoms with Gasteiger partial charge in [0.25, 0.3) is 0 Å². The van der Waals surface area contributed by atoms with Crippen LogP contribution in [0.5, 0.6) is 5.88 Å². The predicted octanol–water partition coefficient (Wildman–Crippen LogP) is 2.45. The second-order valence-electron chi connectivity index (χ2n) is 3.53. The molecule has 0 saturated heterocycles. The van der Waals surface area contributed by atoms with E-state index in [-0.39, 0.29) is 17.2 Å². The second kappa shape index (κ2) is 4.56. The molecule has 0 spiro atoms. The van der Waals surface area contributed by atoms with Crippen LogP contribution >= 0.6 is 12.2 Å². The van der Waals surface area contributed by atoms with Crippen molar-refractivity contribution in [3.63, 3.8) is 0 Å². The first-order valence-corrected chi connectivity index (χ1v) is 5.37. The van der Waals surface area contributed by atoms with Crippen LogP contribution in [0.25, 0.3) is 11.2 Å². The zero-order valence-corrected chi connectivity index (χ0v) is 10.1. The standard InChI is InChI=1S/C9H9F3N4OS/c1-17-7-5-6(13-4-14-7)16(8(18)15-5)3-2-9(10,11)12/h4H,2-3H2,1H3,(H,15,18). The lowest BCUT2D eigenvalue weighted by atomic mass is 10.4. The fraction of sp³-hybridized carbons (Fsp3) is 0.444. The molecule has 0 atom stereocenters. The van der Waals surface area contributed by atoms with Gasteiger partial charge >= 0.3 is 6.18 Å². The van der Waals surface area contributed by atoms with Gasteiger partial charge in [0.05, 0.1) is 13.5 Å². The fourth-order valence-electron chi connectivity index (χ4n) is 1.55. The highest BCUT2D eigenvalue weighted by atomic mass is 32.1. The predicted molar refractivity (Wildman–Crippen MR) is 59.9 cm³/mol. The third kappa shape index (κ3) is 2.45. The Labute approximate surface area is 105 Å². The van der Waals surface area contributed by atoms with Gasteiger partial charge in [0, 0.05) is 6.54 Å². The average molecular weight is 278 g/mol. The molecule has 2 aromatic heterocycles. The number of rotatable bonds is 3. The third-order valence-corrected chi connectivity index (χ3v) is 2.66. The summed E-state index contributed by atoms with van der Waals surface area (Å²) in [6, 6.07) is 0. The molecule has 0 amide bonds. The summed E-state index contributed by atoms with van der Waals surface area (Å²) in [6.45, 7) is -0.289. The van der Waals surface area contributed by atoms with Crippen LogP contribution in [0, 0.1) is 4.77 Å². The van der Waals surface area contributed by atoms with Crippen molar-refractivity contribution in [2.75, 3.05) is 7.11 Å². The molecule has 9 heteroatoms. The number of aromatic nitrogens is 4. The molecule has 2 heterocycles. The van der Waals surface area contributed by atoms with Crippen LogP contribution in [0.3, 0.4) is 0 Å². The van der Waals surface area contributed by atoms with Crippen LogP contribution in [0.4, 0.5) is 13.2 Å². The quantitative estimate of drug-likeness (QED) is 0.876. The van der Waals surface area contributed by atoms with Gasteiger partial charge < -0.3 is 14.3 Å². The molecule has 0 radical (unpaired) electrons. The van der Waals surface area contributed by atoms with Gasteiger partial charge in [-0.25, -0.2) is 4.98 Å². The summed E-state index contributed by atoms with van der Waals surface area (Å²) in [6.07, 6.45) is -4.00. The summed E-state index contributed by atoms with van der Waals surface area (Å²) in [5.74, 6) is 0.247. The average Bonchev–Trinajstić information content (AvgIpc) is 2.61. The van der Waals surface area contributed by atoms with Crippen LogP contribution in [0.15, 0.2) is 6.33 Å². The SMILES string of the molecule is COc1ncnc2c1[nH]c(=S)n2CCC(F)(F)F. The van der Waals surface area contributed by atoms with E-state index in [1.807, 2.05) is 0 Å². The minimum absolute atomic E-state index is 0.160. The molecule has 0 aliphatic carbocycles. The number of alkyl halides is 3. The minimum atomic E-state index is -4.24. The molecule has 18 heavy (non-hydrogen) atoms. The number of nitrogens with zero attached hydrogens (tertiary/aromatic N) is 3. The Kier molecular flexibility index (Phi) is 3.24. The molecule has 1 N–H and O–H groups in total. The lowest BCUT2D eigenvalue weighted by molar-refractivity contribution is -0.136. The topological polar surface area (TPSA) is 55.7 Å². The third-order valence-electron chi connectivity index (χ3n) is 2.34. The molecule has 2 aromatic rings. The summed E-state index contributed by atoms with van der Waals surface area (Å²) in [4.78, 5) is 10.5. The number of halogens is 3. The smallest absolute Gasteiger partial charge is 0.390 e. The van der Waals surface area contributed by atoms with E-state index in [9.17, 15) is 13.2 Å². The summed E-state index contributed by atoms with van der Waals surface area (Å²) >= 11 is 4.97. The van der Waals surface area contributed by atoms with Crippen LogP contribution in [0.2, 0.25) is 0 Å². The number of ether oxygens (including phenoxy) is 1. The number of H-pyrrole nitrogens is 1. The van der Waals surface area contributed by atoms with E-state index in [2.05, 4.69) is 15.0 Å². The van der Waals surface area contributed by atoms with Gasteiger partial charge in [-0.05, 0) is 12.2 Å². The molecular formula is C9H9F3N4OS. The van der Waals surface area contributed by atoms with Crippen molar-refractivity contribution < 1.29 is 17.9 Å². The van der Waals surface area contributed by atoms with Crippen molar-refractivity contribution >= 4 is 23.4 Å². The van der Waals surface area contributed by atoms with E-state index < -0.39 is 12.6 Å². The van der Waals surface area contributed by atoms with Gasteiger partial charge in [-0.1, -0.05) is 0 Å². The largest absolute Gasteiger partial charge is 0.479 e. The molecule has 0 unspecified atom stereocenters. The van der Waals surface area contributed by atoms with E-state index in [4.69, 9.17) is 17.0 Å². The Morgan fingerprint density at radius 1 is 1.44 bits per heavy atom. The van der Waals surface area contributed by atoms with Crippen molar-refractivity contribution in [1.82, 2.24) is 19.5 Å². The highest BCUT2D eigenvalue weighted by Gasteiger charge is 2.27. The molecule has 0 aromatic carbocycles. The Morgan fingerprint density at radius 3 is 2.78 bits per heavy atom. The van der Waals surface area contributed by atoms with Crippen LogP contribution in [-0.4, -0.2) is 32.8 Å². The maximum atomic E-state index is 12.2. The van der Waals surface area contributed by atoms with Crippen molar-refractivity contribution in [2.45, 2.75) is 19.1 Å². The molecule has 0 bridgehead atoms. The van der Waals surface area contributed by atoms with E-state index in [0.29, 0.717) is 11.2 Å². The summed E-state index contributed by atoms with van der Waals surface area (Å²) in [7, 11) is 1.41. The normalized spacial score (nSPS) is 12.0. The monoisotopic (exact) mass is 278 g/mol. The first kappa shape index (κ1) is 12.8. The van der Waals surface area contributed by atoms with Crippen LogP contribution in [-0.2, 0) is 6.54 Å². The summed E-state index contributed by atoms with van der Waals surface area (Å²) in [5, 5.41) is 0. The Bertz CT molecular complexity index is 618. The number of nitrogens with one attached hydrogen (secondary N) is 1. The second-order valence-corrected chi connectivity index (χ2v) is 3.92. The maximum absolute atomic E-state index is 12.2. The first-order chi connectivity index (χ1) is 8.42. The number of aryl methyl sites for hydroxylation is 1. The molecule has 5 nitrogen and oxygen atoms in total. The van der Waals surface area contributed by atoms with Crippen molar-refractivity contribution in [2.24, 2.45) is 0 Å². The van der Waals surface area contributed by atoms with E-state index in [1.54, 1.807) is 0 Å². The van der Waals surface area contributed by atoms with Gasteiger partial charge in [-0.15, -0.1) is 0 Å². The minimum Gasteiger partial charge on any atom is -0.479 e. The number of aromatic amines is 1. The molecule has 0 saturated carbocycles. The molecular weight excluding hydrogens is 269 g/mol. The molecule has 0 fully saturated rings. The number of imidazole rings is 1. The van der Waals surface area contributed by atoms with Gasteiger partial charge in [0.1, 0.15) is 11.8 Å². The molecule has 0 aliphatic heterocycles. The van der Waals surface area contributed by atoms with E-state index >= 15 is 0 Å². The van der Waals surface area contributed by atoms with Gasteiger partial charge in [-0.3, -0.25) is 0 Å². The lowest BCUT2D eigenvalue weighted by Gasteiger charge is -2.07. The zero-order valence-electron chi connectivity index (χ0n) is 9.28. The highest BCUT2D eigenvalue weighted by Crippen LogP contribution is 2.24. The number of fused-ring (bicyclic) bond motifs is 1. The summed E-state index contributed by atoms with van der Waals surface area (Å²) < 4.78 is 43.0. The number of hydrogen-bond donors (Lipinski definition) is 1. The number of hydrogen-bond acceptors (Lipinski definition) is 4. The summed E-state index contributed by atoms with van der Waals surface area (Å²) in [5.41, 5.74) is 0.697. The highest BCUT2D eigenvalue weighted by molar-refractivity contribution is 7.71. The molecule has 0 aliphatic rings. The zero-order chi connectivity index (χ0) is 13.3. The maximum Gasteiger partial charge on any atom is 0.390 e. The van der Waals surface area contributed by atoms with Gasteiger partial charge in [0.2, 0.25) is 5.88 Å². The first-order valence-electron chi connectivity index (χ1n) is 4.96. The molecule has 98 valence electrons. The van der Waals surface area contributed by atoms with E-state index in [1.165, 1.54) is 18.0 Å².